The predicted octanol–water partition coefficient (Wildman–Crippen LogP) is 3.58. The van der Waals surface area contributed by atoms with Crippen LogP contribution in [0.1, 0.15) is 33.1 Å². The fourth-order valence-electron chi connectivity index (χ4n) is 2.84. The summed E-state index contributed by atoms with van der Waals surface area (Å²) in [7, 11) is -3.44. The Balaban J connectivity index is 1.75. The van der Waals surface area contributed by atoms with Crippen LogP contribution < -0.4 is 5.32 Å². The molecular weight excluding hydrogens is 370 g/mol. The molecule has 1 aromatic carbocycles. The van der Waals surface area contributed by atoms with Crippen molar-refractivity contribution in [2.45, 2.75) is 38.0 Å². The molecule has 1 amide bonds. The quantitative estimate of drug-likeness (QED) is 0.842. The fraction of sp³-hybridized carbons (Fsp3) is 0.444. The van der Waals surface area contributed by atoms with Crippen LogP contribution in [0.3, 0.4) is 0 Å². The van der Waals surface area contributed by atoms with Crippen molar-refractivity contribution in [3.8, 4) is 11.3 Å². The van der Waals surface area contributed by atoms with Crippen molar-refractivity contribution in [1.29, 1.82) is 0 Å². The third-order valence-electron chi connectivity index (χ3n) is 4.60. The normalized spacial score (nSPS) is 16.5. The van der Waals surface area contributed by atoms with Gasteiger partial charge in [-0.1, -0.05) is 26.0 Å². The van der Waals surface area contributed by atoms with E-state index in [1.54, 1.807) is 35.5 Å². The maximum atomic E-state index is 12.8. The number of amides is 1. The maximum Gasteiger partial charge on any atom is 0.243 e. The van der Waals surface area contributed by atoms with E-state index in [0.29, 0.717) is 35.5 Å². The lowest BCUT2D eigenvalue weighted by Gasteiger charge is -2.29. The van der Waals surface area contributed by atoms with E-state index < -0.39 is 10.0 Å². The average molecular weight is 394 g/mol. The molecule has 1 saturated heterocycles. The van der Waals surface area contributed by atoms with Gasteiger partial charge in [-0.3, -0.25) is 4.79 Å². The van der Waals surface area contributed by atoms with Gasteiger partial charge in [0.2, 0.25) is 15.9 Å². The molecular formula is C18H23N3O3S2. The minimum atomic E-state index is -3.44. The molecule has 26 heavy (non-hydrogen) atoms. The predicted molar refractivity (Wildman–Crippen MR) is 104 cm³/mol. The Morgan fingerprint density at radius 1 is 1.27 bits per heavy atom. The molecule has 1 fully saturated rings. The number of aromatic nitrogens is 1. The molecule has 1 aliphatic rings. The third-order valence-corrected chi connectivity index (χ3v) is 7.27. The van der Waals surface area contributed by atoms with Crippen LogP contribution in [0.4, 0.5) is 5.13 Å². The van der Waals surface area contributed by atoms with Gasteiger partial charge in [0.25, 0.3) is 0 Å². The van der Waals surface area contributed by atoms with Gasteiger partial charge in [-0.05, 0) is 30.9 Å². The summed E-state index contributed by atoms with van der Waals surface area (Å²) in [5, 5.41) is 5.13. The molecule has 1 aromatic heterocycles. The van der Waals surface area contributed by atoms with E-state index in [4.69, 9.17) is 0 Å². The lowest BCUT2D eigenvalue weighted by molar-refractivity contribution is -0.115. The molecule has 1 aliphatic heterocycles. The standard InChI is InChI=1S/C18H23N3O3S2/c1-3-17(22)20-18-19-16(12-25-18)14-4-6-15(7-5-14)26(23,24)21-10-8-13(2)9-11-21/h4-7,12-13H,3,8-11H2,1-2H3,(H,19,20,22). The third kappa shape index (κ3) is 4.13. The lowest BCUT2D eigenvalue weighted by atomic mass is 10.0. The van der Waals surface area contributed by atoms with Crippen molar-refractivity contribution in [2.24, 2.45) is 5.92 Å². The monoisotopic (exact) mass is 393 g/mol. The number of thiazole rings is 1. The highest BCUT2D eigenvalue weighted by Crippen LogP contribution is 2.28. The van der Waals surface area contributed by atoms with Gasteiger partial charge in [0, 0.05) is 30.5 Å². The fourth-order valence-corrected chi connectivity index (χ4v) is 5.05. The van der Waals surface area contributed by atoms with E-state index in [-0.39, 0.29) is 5.91 Å². The molecule has 6 nitrogen and oxygen atoms in total. The Hall–Kier alpha value is -1.77. The second kappa shape index (κ2) is 7.85. The molecule has 0 atom stereocenters. The van der Waals surface area contributed by atoms with Gasteiger partial charge in [0.1, 0.15) is 0 Å². The highest BCUT2D eigenvalue weighted by Gasteiger charge is 2.27. The van der Waals surface area contributed by atoms with Crippen LogP contribution in [-0.2, 0) is 14.8 Å². The molecule has 0 unspecified atom stereocenters. The van der Waals surface area contributed by atoms with Gasteiger partial charge in [0.05, 0.1) is 10.6 Å². The molecule has 0 saturated carbocycles. The molecule has 3 rings (SSSR count). The zero-order valence-electron chi connectivity index (χ0n) is 14.9. The largest absolute Gasteiger partial charge is 0.302 e. The van der Waals surface area contributed by atoms with Gasteiger partial charge in [-0.25, -0.2) is 13.4 Å². The van der Waals surface area contributed by atoms with Crippen molar-refractivity contribution in [1.82, 2.24) is 9.29 Å². The van der Waals surface area contributed by atoms with Gasteiger partial charge >= 0.3 is 0 Å². The van der Waals surface area contributed by atoms with Crippen LogP contribution in [0, 0.1) is 5.92 Å². The Kier molecular flexibility index (Phi) is 5.74. The van der Waals surface area contributed by atoms with Crippen molar-refractivity contribution in [3.05, 3.63) is 29.6 Å². The van der Waals surface area contributed by atoms with Crippen LogP contribution >= 0.6 is 11.3 Å². The smallest absolute Gasteiger partial charge is 0.243 e. The number of hydrogen-bond donors (Lipinski definition) is 1. The van der Waals surface area contributed by atoms with Crippen molar-refractivity contribution in [2.75, 3.05) is 18.4 Å². The number of benzene rings is 1. The number of carbonyl (C=O) groups is 1. The summed E-state index contributed by atoms with van der Waals surface area (Å²) >= 11 is 1.35. The number of anilines is 1. The maximum absolute atomic E-state index is 12.8. The summed E-state index contributed by atoms with van der Waals surface area (Å²) in [5.41, 5.74) is 1.54. The summed E-state index contributed by atoms with van der Waals surface area (Å²) < 4.78 is 27.1. The number of sulfonamides is 1. The highest BCUT2D eigenvalue weighted by atomic mass is 32.2. The summed E-state index contributed by atoms with van der Waals surface area (Å²) in [5.74, 6) is 0.499. The Labute approximate surface area is 158 Å². The average Bonchev–Trinajstić information content (AvgIpc) is 3.10. The summed E-state index contributed by atoms with van der Waals surface area (Å²) in [6.45, 7) is 5.10. The Morgan fingerprint density at radius 3 is 2.54 bits per heavy atom. The zero-order valence-corrected chi connectivity index (χ0v) is 16.6. The van der Waals surface area contributed by atoms with Crippen LogP contribution in [0.5, 0.6) is 0 Å². The highest BCUT2D eigenvalue weighted by molar-refractivity contribution is 7.89. The van der Waals surface area contributed by atoms with E-state index in [2.05, 4.69) is 17.2 Å². The van der Waals surface area contributed by atoms with E-state index >= 15 is 0 Å². The van der Waals surface area contributed by atoms with Gasteiger partial charge < -0.3 is 5.32 Å². The van der Waals surface area contributed by atoms with Crippen LogP contribution in [0.2, 0.25) is 0 Å². The summed E-state index contributed by atoms with van der Waals surface area (Å²) in [4.78, 5) is 16.1. The number of rotatable bonds is 5. The number of piperidine rings is 1. The van der Waals surface area contributed by atoms with Gasteiger partial charge in [0.15, 0.2) is 5.13 Å². The Morgan fingerprint density at radius 2 is 1.92 bits per heavy atom. The number of nitrogens with zero attached hydrogens (tertiary/aromatic N) is 2. The second-order valence-corrected chi connectivity index (χ2v) is 9.35. The minimum absolute atomic E-state index is 0.0804. The molecule has 2 aromatic rings. The topological polar surface area (TPSA) is 79.4 Å². The molecule has 1 N–H and O–H groups in total. The summed E-state index contributed by atoms with van der Waals surface area (Å²) in [6, 6.07) is 6.79. The molecule has 0 radical (unpaired) electrons. The van der Waals surface area contributed by atoms with Crippen molar-refractivity contribution >= 4 is 32.4 Å². The van der Waals surface area contributed by atoms with Gasteiger partial charge in [-0.2, -0.15) is 4.31 Å². The molecule has 8 heteroatoms. The minimum Gasteiger partial charge on any atom is -0.302 e. The first-order chi connectivity index (χ1) is 12.4. The second-order valence-electron chi connectivity index (χ2n) is 6.55. The first kappa shape index (κ1) is 19.0. The van der Waals surface area contributed by atoms with Crippen LogP contribution in [0.25, 0.3) is 11.3 Å². The molecule has 0 aliphatic carbocycles. The van der Waals surface area contributed by atoms with Crippen molar-refractivity contribution in [3.63, 3.8) is 0 Å². The van der Waals surface area contributed by atoms with Crippen LogP contribution in [-0.4, -0.2) is 36.7 Å². The Bertz CT molecular complexity index is 867. The van der Waals surface area contributed by atoms with E-state index in [1.807, 2.05) is 5.38 Å². The summed E-state index contributed by atoms with van der Waals surface area (Å²) in [6.07, 6.45) is 2.21. The molecule has 2 heterocycles. The molecule has 140 valence electrons. The van der Waals surface area contributed by atoms with E-state index in [0.717, 1.165) is 24.1 Å². The molecule has 0 spiro atoms. The number of hydrogen-bond acceptors (Lipinski definition) is 5. The number of carbonyl (C=O) groups excluding carboxylic acids is 1. The zero-order chi connectivity index (χ0) is 18.7. The lowest BCUT2D eigenvalue weighted by Crippen LogP contribution is -2.37. The SMILES string of the molecule is CCC(=O)Nc1nc(-c2ccc(S(=O)(=O)N3CCC(C)CC3)cc2)cs1. The van der Waals surface area contributed by atoms with E-state index in [9.17, 15) is 13.2 Å². The van der Waals surface area contributed by atoms with E-state index in [1.165, 1.54) is 11.3 Å². The van der Waals surface area contributed by atoms with Crippen LogP contribution in [0.15, 0.2) is 34.5 Å². The number of nitrogens with one attached hydrogen (secondary N) is 1. The molecule has 0 bridgehead atoms. The first-order valence-electron chi connectivity index (χ1n) is 8.76. The van der Waals surface area contributed by atoms with Crippen molar-refractivity contribution < 1.29 is 13.2 Å². The first-order valence-corrected chi connectivity index (χ1v) is 11.1. The van der Waals surface area contributed by atoms with Gasteiger partial charge in [-0.15, -0.1) is 11.3 Å².